The fourth-order valence-corrected chi connectivity index (χ4v) is 3.89. The molecular weight excluding hydrogens is 314 g/mol. The Morgan fingerprint density at radius 2 is 2.00 bits per heavy atom. The van der Waals surface area contributed by atoms with Crippen molar-refractivity contribution in [3.8, 4) is 0 Å². The highest BCUT2D eigenvalue weighted by molar-refractivity contribution is 7.89. The van der Waals surface area contributed by atoms with Crippen molar-refractivity contribution >= 4 is 27.6 Å². The first-order valence-electron chi connectivity index (χ1n) is 6.74. The molecule has 0 heterocycles. The van der Waals surface area contributed by atoms with Gasteiger partial charge in [-0.3, -0.25) is 4.79 Å². The lowest BCUT2D eigenvalue weighted by Gasteiger charge is -2.21. The van der Waals surface area contributed by atoms with Gasteiger partial charge in [0, 0.05) is 6.54 Å². The van der Waals surface area contributed by atoms with Gasteiger partial charge in [0.05, 0.1) is 11.6 Å². The molecule has 0 spiro atoms. The Balaban J connectivity index is 3.12. The average molecular weight is 334 g/mol. The van der Waals surface area contributed by atoms with E-state index in [1.807, 2.05) is 13.8 Å². The number of ether oxygens (including phenoxy) is 1. The molecule has 0 saturated carbocycles. The maximum Gasteiger partial charge on any atom is 0.321 e. The van der Waals surface area contributed by atoms with Gasteiger partial charge in [0.1, 0.15) is 11.4 Å². The highest BCUT2D eigenvalue weighted by Crippen LogP contribution is 2.25. The van der Waals surface area contributed by atoms with E-state index in [1.165, 1.54) is 6.07 Å². The zero-order chi connectivity index (χ0) is 16.0. The second kappa shape index (κ2) is 7.77. The molecule has 1 aromatic rings. The number of carbonyl (C=O) groups excluding carboxylic acids is 1. The minimum Gasteiger partial charge on any atom is -0.465 e. The molecule has 0 aliphatic rings. The van der Waals surface area contributed by atoms with Crippen molar-refractivity contribution in [1.82, 2.24) is 4.31 Å². The largest absolute Gasteiger partial charge is 0.465 e. The van der Waals surface area contributed by atoms with Crippen LogP contribution in [0.1, 0.15) is 25.8 Å². The molecule has 1 aromatic carbocycles. The molecule has 0 aliphatic heterocycles. The molecule has 0 unspecified atom stereocenters. The van der Waals surface area contributed by atoms with Gasteiger partial charge in [-0.15, -0.1) is 0 Å². The lowest BCUT2D eigenvalue weighted by Crippen LogP contribution is -2.37. The predicted molar refractivity (Wildman–Crippen MR) is 81.9 cm³/mol. The number of halogens is 1. The van der Waals surface area contributed by atoms with E-state index in [-0.39, 0.29) is 29.6 Å². The van der Waals surface area contributed by atoms with Crippen LogP contribution in [0.5, 0.6) is 0 Å². The Hall–Kier alpha value is -1.11. The van der Waals surface area contributed by atoms with Gasteiger partial charge in [-0.1, -0.05) is 24.6 Å². The third kappa shape index (κ3) is 4.69. The number of esters is 1. The highest BCUT2D eigenvalue weighted by Gasteiger charge is 2.28. The van der Waals surface area contributed by atoms with E-state index in [0.717, 1.165) is 9.87 Å². The first kappa shape index (κ1) is 17.9. The summed E-state index contributed by atoms with van der Waals surface area (Å²) in [4.78, 5) is 11.6. The zero-order valence-electron chi connectivity index (χ0n) is 12.4. The normalized spacial score (nSPS) is 11.7. The number of aryl methyl sites for hydroxylation is 1. The summed E-state index contributed by atoms with van der Waals surface area (Å²) in [6.07, 6.45) is 0.585. The summed E-state index contributed by atoms with van der Waals surface area (Å²) < 4.78 is 31.2. The molecule has 0 aliphatic carbocycles. The number of carbonyl (C=O) groups is 1. The molecule has 5 nitrogen and oxygen atoms in total. The molecule has 0 bridgehead atoms. The van der Waals surface area contributed by atoms with Crippen LogP contribution in [0, 0.1) is 6.92 Å². The molecule has 118 valence electrons. The fourth-order valence-electron chi connectivity index (χ4n) is 1.84. The van der Waals surface area contributed by atoms with Gasteiger partial charge >= 0.3 is 5.97 Å². The Labute approximate surface area is 130 Å². The van der Waals surface area contributed by atoms with Crippen LogP contribution in [0.25, 0.3) is 0 Å². The van der Waals surface area contributed by atoms with Crippen LogP contribution in [0.15, 0.2) is 23.1 Å². The van der Waals surface area contributed by atoms with Crippen molar-refractivity contribution in [3.63, 3.8) is 0 Å². The number of rotatable bonds is 7. The summed E-state index contributed by atoms with van der Waals surface area (Å²) in [6, 6.07) is 4.72. The number of benzene rings is 1. The lowest BCUT2D eigenvalue weighted by atomic mass is 10.2. The maximum atomic E-state index is 12.6. The van der Waals surface area contributed by atoms with Crippen LogP contribution in [-0.4, -0.2) is 38.4 Å². The highest BCUT2D eigenvalue weighted by atomic mass is 35.5. The van der Waals surface area contributed by atoms with Gasteiger partial charge in [-0.25, -0.2) is 8.42 Å². The van der Waals surface area contributed by atoms with Crippen molar-refractivity contribution in [2.24, 2.45) is 0 Å². The third-order valence-corrected chi connectivity index (χ3v) is 5.12. The van der Waals surface area contributed by atoms with Gasteiger partial charge in [0.15, 0.2) is 0 Å². The smallest absolute Gasteiger partial charge is 0.321 e. The Bertz CT molecular complexity index is 601. The van der Waals surface area contributed by atoms with Crippen molar-refractivity contribution in [3.05, 3.63) is 28.8 Å². The second-order valence-electron chi connectivity index (χ2n) is 4.58. The summed E-state index contributed by atoms with van der Waals surface area (Å²) >= 11 is 6.03. The minimum absolute atomic E-state index is 0.00696. The molecule has 0 fully saturated rings. The first-order valence-corrected chi connectivity index (χ1v) is 8.56. The van der Waals surface area contributed by atoms with E-state index in [9.17, 15) is 13.2 Å². The molecule has 0 amide bonds. The van der Waals surface area contributed by atoms with Crippen LogP contribution < -0.4 is 0 Å². The monoisotopic (exact) mass is 333 g/mol. The van der Waals surface area contributed by atoms with E-state index in [1.54, 1.807) is 19.1 Å². The van der Waals surface area contributed by atoms with Crippen LogP contribution in [-0.2, 0) is 19.6 Å². The molecular formula is C14H20ClNO4S. The molecule has 0 atom stereocenters. The lowest BCUT2D eigenvalue weighted by molar-refractivity contribution is -0.143. The summed E-state index contributed by atoms with van der Waals surface area (Å²) in [5.74, 6) is -0.572. The van der Waals surface area contributed by atoms with Crippen molar-refractivity contribution < 1.29 is 17.9 Å². The quantitative estimate of drug-likeness (QED) is 0.719. The van der Waals surface area contributed by atoms with E-state index in [2.05, 4.69) is 0 Å². The zero-order valence-corrected chi connectivity index (χ0v) is 14.0. The van der Waals surface area contributed by atoms with Gasteiger partial charge in [0.2, 0.25) is 10.0 Å². The molecule has 1 rings (SSSR count). The van der Waals surface area contributed by atoms with E-state index in [0.29, 0.717) is 6.42 Å². The van der Waals surface area contributed by atoms with Gasteiger partial charge in [-0.2, -0.15) is 4.31 Å². The summed E-state index contributed by atoms with van der Waals surface area (Å²) in [5, 5.41) is 0.153. The number of sulfonamides is 1. The second-order valence-corrected chi connectivity index (χ2v) is 6.89. The van der Waals surface area contributed by atoms with Crippen LogP contribution in [0.4, 0.5) is 0 Å². The topological polar surface area (TPSA) is 63.7 Å². The molecule has 7 heteroatoms. The van der Waals surface area contributed by atoms with E-state index < -0.39 is 16.0 Å². The number of nitrogens with zero attached hydrogens (tertiary/aromatic N) is 1. The minimum atomic E-state index is -3.82. The van der Waals surface area contributed by atoms with Crippen molar-refractivity contribution in [1.29, 1.82) is 0 Å². The maximum absolute atomic E-state index is 12.6. The van der Waals surface area contributed by atoms with E-state index in [4.69, 9.17) is 16.3 Å². The molecule has 0 aromatic heterocycles. The summed E-state index contributed by atoms with van der Waals surface area (Å²) in [5.41, 5.74) is 0.867. The molecule has 21 heavy (non-hydrogen) atoms. The summed E-state index contributed by atoms with van der Waals surface area (Å²) in [7, 11) is -3.82. The standard InChI is InChI=1S/C14H20ClNO4S/c1-4-8-16(10-14(17)20-5-2)21(18,19)13-7-6-11(3)9-12(13)15/h6-7,9H,4-5,8,10H2,1-3H3. The fraction of sp³-hybridized carbons (Fsp3) is 0.500. The van der Waals surface area contributed by atoms with Crippen molar-refractivity contribution in [2.45, 2.75) is 32.1 Å². The predicted octanol–water partition coefficient (Wildman–Crippen LogP) is 2.61. The Morgan fingerprint density at radius 3 is 2.52 bits per heavy atom. The summed E-state index contributed by atoms with van der Waals surface area (Å²) in [6.45, 7) is 5.46. The van der Waals surface area contributed by atoms with Crippen LogP contribution in [0.2, 0.25) is 5.02 Å². The molecule has 0 N–H and O–H groups in total. The van der Waals surface area contributed by atoms with E-state index >= 15 is 0 Å². The van der Waals surface area contributed by atoms with Gasteiger partial charge in [-0.05, 0) is 38.0 Å². The van der Waals surface area contributed by atoms with Gasteiger partial charge < -0.3 is 4.74 Å². The molecule has 0 radical (unpaired) electrons. The number of hydrogen-bond acceptors (Lipinski definition) is 4. The first-order chi connectivity index (χ1) is 9.82. The Morgan fingerprint density at radius 1 is 1.33 bits per heavy atom. The number of hydrogen-bond donors (Lipinski definition) is 0. The molecule has 0 saturated heterocycles. The van der Waals surface area contributed by atoms with Gasteiger partial charge in [0.25, 0.3) is 0 Å². The van der Waals surface area contributed by atoms with Crippen LogP contribution in [0.3, 0.4) is 0 Å². The van der Waals surface area contributed by atoms with Crippen molar-refractivity contribution in [2.75, 3.05) is 19.7 Å². The Kier molecular flexibility index (Phi) is 6.64. The third-order valence-electron chi connectivity index (χ3n) is 2.79. The van der Waals surface area contributed by atoms with Crippen LogP contribution >= 0.6 is 11.6 Å². The SMILES string of the molecule is CCCN(CC(=O)OCC)S(=O)(=O)c1ccc(C)cc1Cl. The average Bonchev–Trinajstić information content (AvgIpc) is 2.38.